The molecule has 5 heteroatoms. The van der Waals surface area contributed by atoms with E-state index in [2.05, 4.69) is 36.5 Å². The fraction of sp³-hybridized carbons (Fsp3) is 0.571. The molecule has 3 rings (SSSR count). The van der Waals surface area contributed by atoms with Gasteiger partial charge in [-0.1, -0.05) is 93.3 Å². The van der Waals surface area contributed by atoms with Crippen molar-refractivity contribution in [2.45, 2.75) is 89.1 Å². The van der Waals surface area contributed by atoms with Gasteiger partial charge in [-0.05, 0) is 24.6 Å². The third-order valence-corrected chi connectivity index (χ3v) is 6.40. The molecule has 0 radical (unpaired) electrons. The summed E-state index contributed by atoms with van der Waals surface area (Å²) in [5.74, 6) is 0. The molecular weight excluding hydrogens is 414 g/mol. The van der Waals surface area contributed by atoms with Gasteiger partial charge in [0.2, 0.25) is 0 Å². The molecule has 1 aliphatic carbocycles. The van der Waals surface area contributed by atoms with E-state index in [1.54, 1.807) is 0 Å². The smallest absolute Gasteiger partial charge is 0.102 e. The van der Waals surface area contributed by atoms with Crippen molar-refractivity contribution in [2.75, 3.05) is 13.7 Å². The largest absolute Gasteiger partial charge is 0.391 e. The Morgan fingerprint density at radius 1 is 0.848 bits per heavy atom. The van der Waals surface area contributed by atoms with Gasteiger partial charge in [0.15, 0.2) is 0 Å². The van der Waals surface area contributed by atoms with Crippen molar-refractivity contribution in [2.24, 2.45) is 0 Å². The Morgan fingerprint density at radius 2 is 1.45 bits per heavy atom. The summed E-state index contributed by atoms with van der Waals surface area (Å²) in [7, 11) is 1.95. The fourth-order valence-electron chi connectivity index (χ4n) is 4.52. The molecular formula is C28H41NO4. The average molecular weight is 456 g/mol. The van der Waals surface area contributed by atoms with E-state index in [1.165, 1.54) is 12.8 Å². The predicted molar refractivity (Wildman–Crippen MR) is 132 cm³/mol. The molecule has 0 spiro atoms. The number of unbranched alkanes of at least 4 members (excludes halogenated alkanes) is 3. The van der Waals surface area contributed by atoms with Gasteiger partial charge >= 0.3 is 0 Å². The highest BCUT2D eigenvalue weighted by atomic mass is 16.6. The lowest BCUT2D eigenvalue weighted by Gasteiger charge is -2.27. The minimum atomic E-state index is -0.446. The zero-order valence-electron chi connectivity index (χ0n) is 20.2. The van der Waals surface area contributed by atoms with Gasteiger partial charge in [0.05, 0.1) is 44.2 Å². The minimum Gasteiger partial charge on any atom is -0.391 e. The van der Waals surface area contributed by atoms with Gasteiger partial charge in [-0.25, -0.2) is 0 Å². The molecule has 0 aromatic heterocycles. The van der Waals surface area contributed by atoms with Gasteiger partial charge in [-0.2, -0.15) is 0 Å². The number of aliphatic hydroxyl groups excluding tert-OH is 1. The Kier molecular flexibility index (Phi) is 11.4. The van der Waals surface area contributed by atoms with Crippen LogP contribution >= 0.6 is 0 Å². The van der Waals surface area contributed by atoms with Crippen LogP contribution in [0.25, 0.3) is 0 Å². The van der Waals surface area contributed by atoms with Gasteiger partial charge in [-0.15, -0.1) is 0 Å². The normalized spacial score (nSPS) is 23.6. The Bertz CT molecular complexity index is 757. The molecule has 33 heavy (non-hydrogen) atoms. The number of hydrogen-bond acceptors (Lipinski definition) is 5. The molecule has 182 valence electrons. The summed E-state index contributed by atoms with van der Waals surface area (Å²) in [6, 6.07) is 20.4. The van der Waals surface area contributed by atoms with Gasteiger partial charge < -0.3 is 24.6 Å². The molecule has 0 aliphatic heterocycles. The zero-order valence-corrected chi connectivity index (χ0v) is 20.2. The second-order valence-electron chi connectivity index (χ2n) is 9.02. The molecule has 2 aromatic rings. The number of nitrogens with one attached hydrogen (secondary N) is 1. The third-order valence-electron chi connectivity index (χ3n) is 6.40. The van der Waals surface area contributed by atoms with Crippen LogP contribution in [0.2, 0.25) is 0 Å². The van der Waals surface area contributed by atoms with E-state index in [0.717, 1.165) is 36.8 Å². The predicted octanol–water partition coefficient (Wildman–Crippen LogP) is 4.87. The van der Waals surface area contributed by atoms with Crippen LogP contribution in [0, 0.1) is 0 Å². The lowest BCUT2D eigenvalue weighted by Crippen LogP contribution is -2.46. The molecule has 2 N–H and O–H groups in total. The van der Waals surface area contributed by atoms with Crippen molar-refractivity contribution >= 4 is 0 Å². The first-order valence-corrected chi connectivity index (χ1v) is 12.5. The lowest BCUT2D eigenvalue weighted by molar-refractivity contribution is -0.0912. The summed E-state index contributed by atoms with van der Waals surface area (Å²) >= 11 is 0. The number of aliphatic hydroxyl groups is 1. The second kappa shape index (κ2) is 14.5. The monoisotopic (exact) mass is 455 g/mol. The number of hydrogen-bond donors (Lipinski definition) is 2. The molecule has 5 nitrogen and oxygen atoms in total. The van der Waals surface area contributed by atoms with E-state index in [0.29, 0.717) is 19.8 Å². The summed E-state index contributed by atoms with van der Waals surface area (Å²) in [6.45, 7) is 3.61. The van der Waals surface area contributed by atoms with Crippen LogP contribution in [0.15, 0.2) is 60.7 Å². The van der Waals surface area contributed by atoms with E-state index >= 15 is 0 Å². The van der Waals surface area contributed by atoms with Crippen LogP contribution in [0.4, 0.5) is 0 Å². The Labute approximate surface area is 199 Å². The van der Waals surface area contributed by atoms with Crippen LogP contribution in [-0.2, 0) is 27.4 Å². The highest BCUT2D eigenvalue weighted by Crippen LogP contribution is 2.30. The van der Waals surface area contributed by atoms with Gasteiger partial charge in [0, 0.05) is 6.42 Å². The first kappa shape index (κ1) is 25.9. The first-order valence-electron chi connectivity index (χ1n) is 12.5. The van der Waals surface area contributed by atoms with Crippen molar-refractivity contribution in [1.29, 1.82) is 0 Å². The quantitative estimate of drug-likeness (QED) is 0.376. The Morgan fingerprint density at radius 3 is 2.03 bits per heavy atom. The van der Waals surface area contributed by atoms with E-state index in [4.69, 9.17) is 14.2 Å². The maximum Gasteiger partial charge on any atom is 0.102 e. The van der Waals surface area contributed by atoms with Crippen LogP contribution in [0.1, 0.15) is 56.6 Å². The molecule has 0 bridgehead atoms. The van der Waals surface area contributed by atoms with Crippen LogP contribution < -0.4 is 5.32 Å². The molecule has 2 aromatic carbocycles. The van der Waals surface area contributed by atoms with Crippen molar-refractivity contribution in [3.63, 3.8) is 0 Å². The van der Waals surface area contributed by atoms with Crippen LogP contribution in [0.3, 0.4) is 0 Å². The lowest BCUT2D eigenvalue weighted by atomic mass is 10.1. The minimum absolute atomic E-state index is 0.00165. The maximum absolute atomic E-state index is 10.5. The summed E-state index contributed by atoms with van der Waals surface area (Å²) < 4.78 is 18.9. The second-order valence-corrected chi connectivity index (χ2v) is 9.02. The van der Waals surface area contributed by atoms with Crippen molar-refractivity contribution in [1.82, 2.24) is 5.32 Å². The van der Waals surface area contributed by atoms with Crippen molar-refractivity contribution in [3.05, 3.63) is 71.8 Å². The van der Waals surface area contributed by atoms with E-state index < -0.39 is 6.10 Å². The number of likely N-dealkylation sites (N-methyl/N-ethyl adjacent to an activating group) is 1. The molecule has 1 aliphatic rings. The van der Waals surface area contributed by atoms with E-state index in [1.807, 2.05) is 43.4 Å². The van der Waals surface area contributed by atoms with Gasteiger partial charge in [0.25, 0.3) is 0 Å². The summed E-state index contributed by atoms with van der Waals surface area (Å²) in [6.07, 6.45) is 5.39. The molecule has 1 saturated carbocycles. The molecule has 0 saturated heterocycles. The Balaban J connectivity index is 1.59. The van der Waals surface area contributed by atoms with Gasteiger partial charge in [-0.3, -0.25) is 0 Å². The topological polar surface area (TPSA) is 60.0 Å². The third kappa shape index (κ3) is 8.51. The summed E-state index contributed by atoms with van der Waals surface area (Å²) in [5, 5.41) is 13.9. The van der Waals surface area contributed by atoms with E-state index in [9.17, 15) is 5.11 Å². The number of benzene rings is 2. The SMILES string of the molecule is CCCCCCC(O)CO[C@H]1[C@H](NC)[C@@H](OCc2ccccc2)C[C@H]1OCc1ccccc1. The number of rotatable bonds is 15. The molecule has 0 amide bonds. The summed E-state index contributed by atoms with van der Waals surface area (Å²) in [5.41, 5.74) is 2.29. The molecule has 1 fully saturated rings. The van der Waals surface area contributed by atoms with Crippen LogP contribution in [-0.4, -0.2) is 49.2 Å². The van der Waals surface area contributed by atoms with Gasteiger partial charge in [0.1, 0.15) is 6.10 Å². The summed E-state index contributed by atoms with van der Waals surface area (Å²) in [4.78, 5) is 0. The standard InChI is InChI=1S/C28H41NO4/c1-3-4-5-12-17-24(30)21-33-28-26(32-20-23-15-10-7-11-16-23)18-25(27(28)29-2)31-19-22-13-8-6-9-14-22/h6-11,13-16,24-30H,3-5,12,17-21H2,1-2H3/t24?,25-,26+,27+,28+/m0/s1. The average Bonchev–Trinajstić information content (AvgIpc) is 3.20. The Hall–Kier alpha value is -1.76. The maximum atomic E-state index is 10.5. The highest BCUT2D eigenvalue weighted by molar-refractivity contribution is 5.14. The fourth-order valence-corrected chi connectivity index (χ4v) is 4.52. The zero-order chi connectivity index (χ0) is 23.3. The van der Waals surface area contributed by atoms with E-state index in [-0.39, 0.29) is 24.4 Å². The molecule has 1 unspecified atom stereocenters. The molecule has 0 heterocycles. The van der Waals surface area contributed by atoms with Crippen molar-refractivity contribution < 1.29 is 19.3 Å². The molecule has 5 atom stereocenters. The number of ether oxygens (including phenoxy) is 3. The van der Waals surface area contributed by atoms with Crippen LogP contribution in [0.5, 0.6) is 0 Å². The first-order chi connectivity index (χ1) is 16.2. The highest BCUT2D eigenvalue weighted by Gasteiger charge is 2.45. The van der Waals surface area contributed by atoms with Crippen molar-refractivity contribution in [3.8, 4) is 0 Å².